The molecular formula is C15H19N3S. The van der Waals surface area contributed by atoms with E-state index in [0.717, 1.165) is 36.8 Å². The normalized spacial score (nSPS) is 15.5. The van der Waals surface area contributed by atoms with E-state index in [4.69, 9.17) is 5.73 Å². The largest absolute Gasteiger partial charge is 0.398 e. The summed E-state index contributed by atoms with van der Waals surface area (Å²) in [5, 5.41) is 1.16. The Hall–Kier alpha value is -1.39. The molecule has 1 aromatic heterocycles. The number of hydrogen-bond donors (Lipinski definition) is 1. The van der Waals surface area contributed by atoms with Crippen LogP contribution in [-0.2, 0) is 19.5 Å². The number of nitrogens with two attached hydrogens (primary N) is 1. The molecule has 1 aliphatic rings. The number of nitrogens with zero attached hydrogens (tertiary/aromatic N) is 2. The maximum Gasteiger partial charge on any atom is 0.0900 e. The number of benzene rings is 1. The van der Waals surface area contributed by atoms with E-state index in [9.17, 15) is 0 Å². The Morgan fingerprint density at radius 2 is 2.21 bits per heavy atom. The summed E-state index contributed by atoms with van der Waals surface area (Å²) < 4.78 is 0. The van der Waals surface area contributed by atoms with Gasteiger partial charge in [0.05, 0.1) is 10.7 Å². The summed E-state index contributed by atoms with van der Waals surface area (Å²) in [5.74, 6) is 0. The van der Waals surface area contributed by atoms with Crippen LogP contribution in [0, 0.1) is 13.8 Å². The van der Waals surface area contributed by atoms with E-state index in [0.29, 0.717) is 0 Å². The van der Waals surface area contributed by atoms with Crippen LogP contribution < -0.4 is 5.73 Å². The fourth-order valence-corrected chi connectivity index (χ4v) is 3.70. The number of aromatic nitrogens is 1. The molecule has 0 amide bonds. The van der Waals surface area contributed by atoms with E-state index >= 15 is 0 Å². The van der Waals surface area contributed by atoms with Crippen LogP contribution in [0.5, 0.6) is 0 Å². The first-order valence-corrected chi connectivity index (χ1v) is 7.46. The third kappa shape index (κ3) is 2.51. The second kappa shape index (κ2) is 4.94. The van der Waals surface area contributed by atoms with E-state index in [1.807, 2.05) is 17.4 Å². The second-order valence-corrected chi connectivity index (χ2v) is 6.47. The summed E-state index contributed by atoms with van der Waals surface area (Å²) in [6.07, 6.45) is 1.09. The molecule has 2 aromatic rings. The number of fused-ring (bicyclic) bond motifs is 1. The van der Waals surface area contributed by atoms with Crippen molar-refractivity contribution in [1.29, 1.82) is 0 Å². The van der Waals surface area contributed by atoms with Crippen molar-refractivity contribution in [3.05, 3.63) is 44.9 Å². The number of anilines is 1. The highest BCUT2D eigenvalue weighted by Crippen LogP contribution is 2.27. The Morgan fingerprint density at radius 1 is 1.37 bits per heavy atom. The molecule has 3 rings (SSSR count). The molecule has 0 bridgehead atoms. The van der Waals surface area contributed by atoms with E-state index in [1.54, 1.807) is 0 Å². The number of nitrogen functional groups attached to an aromatic ring is 1. The lowest BCUT2D eigenvalue weighted by atomic mass is 9.98. The highest BCUT2D eigenvalue weighted by Gasteiger charge is 2.19. The van der Waals surface area contributed by atoms with Crippen LogP contribution in [0.25, 0.3) is 0 Å². The molecule has 1 aliphatic heterocycles. The van der Waals surface area contributed by atoms with Gasteiger partial charge in [-0.1, -0.05) is 12.1 Å². The highest BCUT2D eigenvalue weighted by molar-refractivity contribution is 7.11. The molecule has 4 heteroatoms. The van der Waals surface area contributed by atoms with Gasteiger partial charge in [0.15, 0.2) is 0 Å². The summed E-state index contributed by atoms with van der Waals surface area (Å²) in [6.45, 7) is 7.23. The first-order chi connectivity index (χ1) is 9.13. The Bertz CT molecular complexity index is 603. The summed E-state index contributed by atoms with van der Waals surface area (Å²) in [7, 11) is 0. The summed E-state index contributed by atoms with van der Waals surface area (Å²) in [5.41, 5.74) is 10.9. The molecule has 0 spiro atoms. The molecule has 0 saturated heterocycles. The lowest BCUT2D eigenvalue weighted by Crippen LogP contribution is -2.30. The molecule has 1 aromatic carbocycles. The van der Waals surface area contributed by atoms with Gasteiger partial charge < -0.3 is 5.73 Å². The van der Waals surface area contributed by atoms with Crippen molar-refractivity contribution >= 4 is 17.0 Å². The van der Waals surface area contributed by atoms with Crippen LogP contribution in [0.1, 0.15) is 26.7 Å². The quantitative estimate of drug-likeness (QED) is 0.856. The fraction of sp³-hybridized carbons (Fsp3) is 0.400. The van der Waals surface area contributed by atoms with Crippen LogP contribution >= 0.6 is 11.3 Å². The number of aryl methyl sites for hydroxylation is 2. The van der Waals surface area contributed by atoms with E-state index in [2.05, 4.69) is 35.9 Å². The topological polar surface area (TPSA) is 42.2 Å². The minimum atomic E-state index is 0.930. The van der Waals surface area contributed by atoms with Crippen molar-refractivity contribution in [2.45, 2.75) is 33.4 Å². The standard InChI is InChI=1S/C15H19N3S/c1-10-15(19-11(2)17-10)9-18-7-6-12-4-3-5-14(16)13(12)8-18/h3-5H,6-9,16H2,1-2H3. The first-order valence-electron chi connectivity index (χ1n) is 6.65. The fourth-order valence-electron chi connectivity index (χ4n) is 2.72. The SMILES string of the molecule is Cc1nc(C)c(CN2CCc3cccc(N)c3C2)s1. The molecule has 2 N–H and O–H groups in total. The van der Waals surface area contributed by atoms with Crippen LogP contribution in [0.2, 0.25) is 0 Å². The van der Waals surface area contributed by atoms with Crippen LogP contribution in [0.4, 0.5) is 5.69 Å². The van der Waals surface area contributed by atoms with Crippen LogP contribution in [0.3, 0.4) is 0 Å². The zero-order valence-electron chi connectivity index (χ0n) is 11.4. The predicted molar refractivity (Wildman–Crippen MR) is 80.3 cm³/mol. The van der Waals surface area contributed by atoms with Gasteiger partial charge in [0.25, 0.3) is 0 Å². The van der Waals surface area contributed by atoms with E-state index < -0.39 is 0 Å². The lowest BCUT2D eigenvalue weighted by Gasteiger charge is -2.29. The zero-order valence-corrected chi connectivity index (χ0v) is 12.3. The molecule has 0 radical (unpaired) electrons. The van der Waals surface area contributed by atoms with Gasteiger partial charge >= 0.3 is 0 Å². The molecule has 0 atom stereocenters. The summed E-state index contributed by atoms with van der Waals surface area (Å²) in [4.78, 5) is 8.36. The average molecular weight is 273 g/mol. The second-order valence-electron chi connectivity index (χ2n) is 5.19. The molecule has 3 nitrogen and oxygen atoms in total. The monoisotopic (exact) mass is 273 g/mol. The predicted octanol–water partition coefficient (Wildman–Crippen LogP) is 2.90. The molecule has 0 fully saturated rings. The van der Waals surface area contributed by atoms with Gasteiger partial charge in [-0.25, -0.2) is 4.98 Å². The summed E-state index contributed by atoms with van der Waals surface area (Å²) >= 11 is 1.81. The van der Waals surface area contributed by atoms with Crippen molar-refractivity contribution < 1.29 is 0 Å². The Balaban J connectivity index is 1.79. The van der Waals surface area contributed by atoms with Crippen molar-refractivity contribution in [2.24, 2.45) is 0 Å². The first kappa shape index (κ1) is 12.6. The third-order valence-corrected chi connectivity index (χ3v) is 4.81. The maximum absolute atomic E-state index is 6.09. The molecule has 2 heterocycles. The van der Waals surface area contributed by atoms with Crippen molar-refractivity contribution in [3.63, 3.8) is 0 Å². The molecule has 19 heavy (non-hydrogen) atoms. The highest BCUT2D eigenvalue weighted by atomic mass is 32.1. The third-order valence-electron chi connectivity index (χ3n) is 3.76. The summed E-state index contributed by atoms with van der Waals surface area (Å²) in [6, 6.07) is 6.26. The van der Waals surface area contributed by atoms with E-state index in [-0.39, 0.29) is 0 Å². The lowest BCUT2D eigenvalue weighted by molar-refractivity contribution is 0.248. The molecule has 0 saturated carbocycles. The van der Waals surface area contributed by atoms with Gasteiger partial charge in [-0.2, -0.15) is 0 Å². The number of thiazole rings is 1. The van der Waals surface area contributed by atoms with Gasteiger partial charge in [0, 0.05) is 30.2 Å². The Morgan fingerprint density at radius 3 is 2.95 bits per heavy atom. The molecule has 100 valence electrons. The van der Waals surface area contributed by atoms with Crippen LogP contribution in [-0.4, -0.2) is 16.4 Å². The minimum Gasteiger partial charge on any atom is -0.398 e. The van der Waals surface area contributed by atoms with Gasteiger partial charge in [0.1, 0.15) is 0 Å². The van der Waals surface area contributed by atoms with Gasteiger partial charge in [-0.05, 0) is 37.5 Å². The van der Waals surface area contributed by atoms with E-state index in [1.165, 1.54) is 21.7 Å². The Kier molecular flexibility index (Phi) is 3.29. The van der Waals surface area contributed by atoms with Gasteiger partial charge in [-0.3, -0.25) is 4.90 Å². The van der Waals surface area contributed by atoms with Gasteiger partial charge in [0.2, 0.25) is 0 Å². The number of hydrogen-bond acceptors (Lipinski definition) is 4. The molecular weight excluding hydrogens is 254 g/mol. The van der Waals surface area contributed by atoms with Crippen molar-refractivity contribution in [1.82, 2.24) is 9.88 Å². The van der Waals surface area contributed by atoms with Crippen molar-refractivity contribution in [2.75, 3.05) is 12.3 Å². The molecule has 0 aliphatic carbocycles. The number of rotatable bonds is 2. The minimum absolute atomic E-state index is 0.930. The maximum atomic E-state index is 6.09. The van der Waals surface area contributed by atoms with Crippen LogP contribution in [0.15, 0.2) is 18.2 Å². The zero-order chi connectivity index (χ0) is 13.4. The average Bonchev–Trinajstić information content (AvgIpc) is 2.69. The Labute approximate surface area is 118 Å². The smallest absolute Gasteiger partial charge is 0.0900 e. The van der Waals surface area contributed by atoms with Crippen molar-refractivity contribution in [3.8, 4) is 0 Å². The van der Waals surface area contributed by atoms with Gasteiger partial charge in [-0.15, -0.1) is 11.3 Å². The molecule has 0 unspecified atom stereocenters.